The summed E-state index contributed by atoms with van der Waals surface area (Å²) >= 11 is 0. The zero-order valence-corrected chi connectivity index (χ0v) is 18.4. The lowest BCUT2D eigenvalue weighted by Crippen LogP contribution is -2.47. The summed E-state index contributed by atoms with van der Waals surface area (Å²) < 4.78 is 3.92. The van der Waals surface area contributed by atoms with Crippen LogP contribution in [0.1, 0.15) is 30.9 Å². The molecule has 2 aliphatic heterocycles. The second kappa shape index (κ2) is 9.70. The number of aromatic nitrogens is 6. The quantitative estimate of drug-likeness (QED) is 0.580. The highest BCUT2D eigenvalue weighted by Crippen LogP contribution is 2.16. The van der Waals surface area contributed by atoms with Gasteiger partial charge in [-0.1, -0.05) is 6.42 Å². The summed E-state index contributed by atoms with van der Waals surface area (Å²) in [7, 11) is 0. The van der Waals surface area contributed by atoms with Crippen molar-refractivity contribution in [3.63, 3.8) is 0 Å². The van der Waals surface area contributed by atoms with Gasteiger partial charge in [0.1, 0.15) is 11.6 Å². The fourth-order valence-electron chi connectivity index (χ4n) is 4.56. The van der Waals surface area contributed by atoms with Gasteiger partial charge >= 0.3 is 0 Å². The third kappa shape index (κ3) is 4.78. The van der Waals surface area contributed by atoms with Crippen molar-refractivity contribution in [3.05, 3.63) is 58.7 Å². The Labute approximate surface area is 187 Å². The predicted octanol–water partition coefficient (Wildman–Crippen LogP) is 1.44. The van der Waals surface area contributed by atoms with Crippen molar-refractivity contribution >= 4 is 0 Å². The van der Waals surface area contributed by atoms with Gasteiger partial charge in [-0.3, -0.25) is 19.6 Å². The molecule has 0 radical (unpaired) electrons. The van der Waals surface area contributed by atoms with Crippen LogP contribution in [0.5, 0.6) is 0 Å². The zero-order valence-electron chi connectivity index (χ0n) is 18.4. The summed E-state index contributed by atoms with van der Waals surface area (Å²) in [4.78, 5) is 21.2. The predicted molar refractivity (Wildman–Crippen MR) is 121 cm³/mol. The molecular weight excluding hydrogens is 404 g/mol. The molecule has 32 heavy (non-hydrogen) atoms. The van der Waals surface area contributed by atoms with Gasteiger partial charge < -0.3 is 4.57 Å². The molecule has 5 rings (SSSR count). The maximum atomic E-state index is 12.3. The first-order chi connectivity index (χ1) is 15.8. The lowest BCUT2D eigenvalue weighted by molar-refractivity contribution is 0.119. The van der Waals surface area contributed by atoms with Crippen molar-refractivity contribution in [2.45, 2.75) is 45.3 Å². The van der Waals surface area contributed by atoms with Gasteiger partial charge in [0.2, 0.25) is 0 Å². The Hall–Kier alpha value is -2.91. The molecule has 2 aliphatic rings. The minimum Gasteiger partial charge on any atom is -0.314 e. The van der Waals surface area contributed by atoms with E-state index in [4.69, 9.17) is 0 Å². The summed E-state index contributed by atoms with van der Waals surface area (Å²) in [6.45, 7) is 7.31. The van der Waals surface area contributed by atoms with E-state index in [1.807, 2.05) is 12.1 Å². The van der Waals surface area contributed by atoms with Gasteiger partial charge in [-0.05, 0) is 31.0 Å². The van der Waals surface area contributed by atoms with Crippen LogP contribution in [-0.2, 0) is 26.1 Å². The molecule has 5 heterocycles. The molecule has 3 aromatic rings. The number of hydrogen-bond donors (Lipinski definition) is 0. The molecular formula is C23H30N8O. The standard InChI is InChI=1S/C23H30N8O/c32-23-6-5-20(19-7-9-24-10-8-19)27-31(23)17-16-28-12-14-29(15-13-28)18-22-26-25-21-4-2-1-3-11-30(21)22/h5-10H,1-4,11-18H2. The van der Waals surface area contributed by atoms with E-state index in [2.05, 4.69) is 34.6 Å². The first-order valence-corrected chi connectivity index (χ1v) is 11.6. The molecule has 0 amide bonds. The van der Waals surface area contributed by atoms with Crippen molar-refractivity contribution in [2.24, 2.45) is 0 Å². The Bertz CT molecular complexity index is 1080. The molecule has 0 N–H and O–H groups in total. The van der Waals surface area contributed by atoms with Crippen molar-refractivity contribution in [1.82, 2.24) is 39.3 Å². The number of aryl methyl sites for hydroxylation is 1. The van der Waals surface area contributed by atoms with Crippen LogP contribution in [0, 0.1) is 0 Å². The largest absolute Gasteiger partial charge is 0.314 e. The molecule has 168 valence electrons. The normalized spacial score (nSPS) is 17.8. The Kier molecular flexibility index (Phi) is 6.36. The lowest BCUT2D eigenvalue weighted by atomic mass is 10.2. The number of hydrogen-bond acceptors (Lipinski definition) is 7. The first kappa shape index (κ1) is 21.0. The van der Waals surface area contributed by atoms with Gasteiger partial charge in [0.25, 0.3) is 5.56 Å². The molecule has 0 atom stereocenters. The van der Waals surface area contributed by atoms with Crippen LogP contribution >= 0.6 is 0 Å². The third-order valence-electron chi connectivity index (χ3n) is 6.49. The Balaban J connectivity index is 1.14. The van der Waals surface area contributed by atoms with Crippen molar-refractivity contribution in [2.75, 3.05) is 32.7 Å². The van der Waals surface area contributed by atoms with Crippen LogP contribution in [0.15, 0.2) is 41.5 Å². The SMILES string of the molecule is O=c1ccc(-c2ccncc2)nn1CCN1CCN(Cc2nnc3n2CCCCC3)CC1. The van der Waals surface area contributed by atoms with Gasteiger partial charge in [-0.2, -0.15) is 5.10 Å². The Morgan fingerprint density at radius 2 is 1.62 bits per heavy atom. The Morgan fingerprint density at radius 3 is 2.47 bits per heavy atom. The van der Waals surface area contributed by atoms with Crippen LogP contribution in [0.3, 0.4) is 0 Å². The summed E-state index contributed by atoms with van der Waals surface area (Å²) in [5, 5.41) is 13.5. The van der Waals surface area contributed by atoms with Crippen molar-refractivity contribution < 1.29 is 0 Å². The average molecular weight is 435 g/mol. The monoisotopic (exact) mass is 434 g/mol. The van der Waals surface area contributed by atoms with E-state index in [1.54, 1.807) is 29.2 Å². The van der Waals surface area contributed by atoms with Crippen molar-refractivity contribution in [1.29, 1.82) is 0 Å². The van der Waals surface area contributed by atoms with E-state index in [0.29, 0.717) is 6.54 Å². The highest BCUT2D eigenvalue weighted by Gasteiger charge is 2.21. The molecule has 0 aliphatic carbocycles. The number of pyridine rings is 1. The van der Waals surface area contributed by atoms with E-state index in [0.717, 1.165) is 75.1 Å². The summed E-state index contributed by atoms with van der Waals surface area (Å²) in [6.07, 6.45) is 8.26. The second-order valence-electron chi connectivity index (χ2n) is 8.63. The van der Waals surface area contributed by atoms with Crippen LogP contribution in [-0.4, -0.2) is 72.1 Å². The first-order valence-electron chi connectivity index (χ1n) is 11.6. The Morgan fingerprint density at radius 1 is 0.812 bits per heavy atom. The average Bonchev–Trinajstić information content (AvgIpc) is 3.05. The fraction of sp³-hybridized carbons (Fsp3) is 0.522. The summed E-state index contributed by atoms with van der Waals surface area (Å²) in [5.74, 6) is 2.27. The third-order valence-corrected chi connectivity index (χ3v) is 6.49. The van der Waals surface area contributed by atoms with Gasteiger partial charge in [0.05, 0.1) is 18.8 Å². The van der Waals surface area contributed by atoms with Gasteiger partial charge in [0, 0.05) is 69.7 Å². The molecule has 0 unspecified atom stereocenters. The van der Waals surface area contributed by atoms with Gasteiger partial charge in [0.15, 0.2) is 0 Å². The maximum absolute atomic E-state index is 12.3. The van der Waals surface area contributed by atoms with Gasteiger partial charge in [-0.15, -0.1) is 10.2 Å². The molecule has 9 nitrogen and oxygen atoms in total. The lowest BCUT2D eigenvalue weighted by Gasteiger charge is -2.34. The number of fused-ring (bicyclic) bond motifs is 1. The molecule has 0 aromatic carbocycles. The summed E-state index contributed by atoms with van der Waals surface area (Å²) in [6, 6.07) is 7.19. The van der Waals surface area contributed by atoms with Crippen LogP contribution < -0.4 is 5.56 Å². The minimum atomic E-state index is -0.0612. The number of piperazine rings is 1. The summed E-state index contributed by atoms with van der Waals surface area (Å²) in [5.41, 5.74) is 1.70. The molecule has 0 saturated carbocycles. The fourth-order valence-corrected chi connectivity index (χ4v) is 4.56. The van der Waals surface area contributed by atoms with Crippen LogP contribution in [0.25, 0.3) is 11.3 Å². The zero-order chi connectivity index (χ0) is 21.8. The molecule has 9 heteroatoms. The number of rotatable bonds is 6. The van der Waals surface area contributed by atoms with E-state index in [-0.39, 0.29) is 5.56 Å². The molecule has 0 spiro atoms. The van der Waals surface area contributed by atoms with E-state index >= 15 is 0 Å². The van der Waals surface area contributed by atoms with Crippen LogP contribution in [0.4, 0.5) is 0 Å². The van der Waals surface area contributed by atoms with Crippen molar-refractivity contribution in [3.8, 4) is 11.3 Å². The number of nitrogens with zero attached hydrogens (tertiary/aromatic N) is 8. The smallest absolute Gasteiger partial charge is 0.266 e. The van der Waals surface area contributed by atoms with E-state index in [9.17, 15) is 4.79 Å². The van der Waals surface area contributed by atoms with Crippen LogP contribution in [0.2, 0.25) is 0 Å². The second-order valence-corrected chi connectivity index (χ2v) is 8.63. The highest BCUT2D eigenvalue weighted by atomic mass is 16.1. The molecule has 0 bridgehead atoms. The molecule has 3 aromatic heterocycles. The van der Waals surface area contributed by atoms with E-state index in [1.165, 1.54) is 19.3 Å². The highest BCUT2D eigenvalue weighted by molar-refractivity contribution is 5.56. The van der Waals surface area contributed by atoms with E-state index < -0.39 is 0 Å². The van der Waals surface area contributed by atoms with Gasteiger partial charge in [-0.25, -0.2) is 4.68 Å². The molecule has 1 fully saturated rings. The topological polar surface area (TPSA) is 85.0 Å². The molecule has 1 saturated heterocycles. The minimum absolute atomic E-state index is 0.0612. The maximum Gasteiger partial charge on any atom is 0.266 e.